The van der Waals surface area contributed by atoms with Gasteiger partial charge in [0.15, 0.2) is 11.5 Å². The second-order valence-electron chi connectivity index (χ2n) is 4.93. The molecule has 0 aliphatic carbocycles. The van der Waals surface area contributed by atoms with Crippen LogP contribution in [-0.2, 0) is 6.61 Å². The van der Waals surface area contributed by atoms with Crippen molar-refractivity contribution in [3.05, 3.63) is 60.2 Å². The minimum Gasteiger partial charge on any atom is -0.493 e. The Bertz CT molecular complexity index is 809. The lowest BCUT2D eigenvalue weighted by molar-refractivity contribution is 0.262. The first-order valence-electron chi connectivity index (χ1n) is 7.25. The Kier molecular flexibility index (Phi) is 4.65. The number of aromatic nitrogens is 1. The first kappa shape index (κ1) is 15.9. The number of halogens is 1. The third-order valence-corrected chi connectivity index (χ3v) is 3.37. The van der Waals surface area contributed by atoms with Gasteiger partial charge in [0.25, 0.3) is 0 Å². The summed E-state index contributed by atoms with van der Waals surface area (Å²) in [5.41, 5.74) is 1.14. The van der Waals surface area contributed by atoms with E-state index < -0.39 is 0 Å². The van der Waals surface area contributed by atoms with Crippen molar-refractivity contribution < 1.29 is 23.0 Å². The van der Waals surface area contributed by atoms with E-state index in [1.165, 1.54) is 18.4 Å². The van der Waals surface area contributed by atoms with Crippen molar-refractivity contribution in [1.82, 2.24) is 4.98 Å². The fourth-order valence-corrected chi connectivity index (χ4v) is 2.23. The number of ether oxygens (including phenoxy) is 3. The minimum absolute atomic E-state index is 0.162. The van der Waals surface area contributed by atoms with Crippen LogP contribution >= 0.6 is 0 Å². The highest BCUT2D eigenvalue weighted by Crippen LogP contribution is 2.37. The Morgan fingerprint density at radius 3 is 2.42 bits per heavy atom. The lowest BCUT2D eigenvalue weighted by Crippen LogP contribution is -2.00. The Morgan fingerprint density at radius 1 is 1.04 bits per heavy atom. The van der Waals surface area contributed by atoms with Gasteiger partial charge >= 0.3 is 0 Å². The van der Waals surface area contributed by atoms with Crippen LogP contribution in [0.1, 0.15) is 5.69 Å². The largest absolute Gasteiger partial charge is 0.493 e. The zero-order valence-corrected chi connectivity index (χ0v) is 13.3. The summed E-state index contributed by atoms with van der Waals surface area (Å²) < 4.78 is 35.0. The minimum atomic E-state index is -0.345. The average Bonchev–Trinajstić information content (AvgIpc) is 3.08. The standard InChI is InChI=1S/C18H16FNO4/c1-21-15-7-4-8-16(22-2)17(15)23-10-14-11-24-18(20-14)12-5-3-6-13(19)9-12/h3-9,11H,10H2,1-2H3. The zero-order chi connectivity index (χ0) is 16.9. The third kappa shape index (κ3) is 3.32. The number of hydrogen-bond donors (Lipinski definition) is 0. The summed E-state index contributed by atoms with van der Waals surface area (Å²) >= 11 is 0. The van der Waals surface area contributed by atoms with Gasteiger partial charge < -0.3 is 18.6 Å². The average molecular weight is 329 g/mol. The molecule has 0 aliphatic rings. The molecule has 0 N–H and O–H groups in total. The fraction of sp³-hybridized carbons (Fsp3) is 0.167. The number of methoxy groups -OCH3 is 2. The van der Waals surface area contributed by atoms with Gasteiger partial charge in [-0.25, -0.2) is 9.37 Å². The quantitative estimate of drug-likeness (QED) is 0.682. The van der Waals surface area contributed by atoms with Crippen molar-refractivity contribution in [2.75, 3.05) is 14.2 Å². The van der Waals surface area contributed by atoms with E-state index in [9.17, 15) is 4.39 Å². The molecule has 2 aromatic carbocycles. The molecule has 0 saturated carbocycles. The zero-order valence-electron chi connectivity index (χ0n) is 13.3. The molecule has 0 fully saturated rings. The van der Waals surface area contributed by atoms with Gasteiger partial charge in [-0.15, -0.1) is 0 Å². The highest BCUT2D eigenvalue weighted by atomic mass is 19.1. The van der Waals surface area contributed by atoms with Crippen LogP contribution < -0.4 is 14.2 Å². The summed E-state index contributed by atoms with van der Waals surface area (Å²) in [5.74, 6) is 1.59. The van der Waals surface area contributed by atoms with E-state index in [-0.39, 0.29) is 12.4 Å². The molecule has 5 nitrogen and oxygen atoms in total. The van der Waals surface area contributed by atoms with E-state index in [1.54, 1.807) is 38.5 Å². The van der Waals surface area contributed by atoms with E-state index in [2.05, 4.69) is 4.98 Å². The van der Waals surface area contributed by atoms with Crippen LogP contribution in [0.15, 0.2) is 53.1 Å². The third-order valence-electron chi connectivity index (χ3n) is 3.37. The second kappa shape index (κ2) is 7.04. The van der Waals surface area contributed by atoms with E-state index in [4.69, 9.17) is 18.6 Å². The van der Waals surface area contributed by atoms with Gasteiger partial charge in [0.2, 0.25) is 11.6 Å². The van der Waals surface area contributed by atoms with E-state index in [0.717, 1.165) is 0 Å². The summed E-state index contributed by atoms with van der Waals surface area (Å²) in [7, 11) is 3.11. The van der Waals surface area contributed by atoms with Crippen LogP contribution in [-0.4, -0.2) is 19.2 Å². The lowest BCUT2D eigenvalue weighted by atomic mass is 10.2. The van der Waals surface area contributed by atoms with Crippen LogP contribution in [0, 0.1) is 5.82 Å². The molecule has 124 valence electrons. The summed E-state index contributed by atoms with van der Waals surface area (Å²) in [5, 5.41) is 0. The molecule has 0 bridgehead atoms. The number of rotatable bonds is 6. The van der Waals surface area contributed by atoms with E-state index in [0.29, 0.717) is 34.4 Å². The SMILES string of the molecule is COc1cccc(OC)c1OCc1coc(-c2cccc(F)c2)n1. The molecule has 0 atom stereocenters. The molecular formula is C18H16FNO4. The molecule has 0 aliphatic heterocycles. The Morgan fingerprint density at radius 2 is 1.75 bits per heavy atom. The van der Waals surface area contributed by atoms with Crippen molar-refractivity contribution in [1.29, 1.82) is 0 Å². The van der Waals surface area contributed by atoms with Gasteiger partial charge in [-0.1, -0.05) is 12.1 Å². The molecule has 0 spiro atoms. The summed E-state index contributed by atoms with van der Waals surface area (Å²) in [6.45, 7) is 0.162. The molecule has 0 amide bonds. The number of nitrogens with zero attached hydrogens (tertiary/aromatic N) is 1. The van der Waals surface area contributed by atoms with Crippen LogP contribution in [0.25, 0.3) is 11.5 Å². The second-order valence-corrected chi connectivity index (χ2v) is 4.93. The maximum Gasteiger partial charge on any atom is 0.226 e. The number of oxazole rings is 1. The van der Waals surface area contributed by atoms with Crippen molar-refractivity contribution in [2.24, 2.45) is 0 Å². The van der Waals surface area contributed by atoms with Crippen molar-refractivity contribution in [3.8, 4) is 28.7 Å². The van der Waals surface area contributed by atoms with Crippen LogP contribution in [0.3, 0.4) is 0 Å². The molecule has 3 aromatic rings. The van der Waals surface area contributed by atoms with Gasteiger partial charge in [0.05, 0.1) is 14.2 Å². The van der Waals surface area contributed by atoms with Crippen molar-refractivity contribution in [2.45, 2.75) is 6.61 Å². The first-order chi connectivity index (χ1) is 11.7. The highest BCUT2D eigenvalue weighted by Gasteiger charge is 2.13. The van der Waals surface area contributed by atoms with Crippen LogP contribution in [0.5, 0.6) is 17.2 Å². The molecule has 1 heterocycles. The van der Waals surface area contributed by atoms with Gasteiger partial charge in [-0.05, 0) is 30.3 Å². The number of benzene rings is 2. The van der Waals surface area contributed by atoms with Gasteiger partial charge in [0, 0.05) is 5.56 Å². The van der Waals surface area contributed by atoms with Crippen LogP contribution in [0.2, 0.25) is 0 Å². The smallest absolute Gasteiger partial charge is 0.226 e. The van der Waals surface area contributed by atoms with Gasteiger partial charge in [-0.3, -0.25) is 0 Å². The normalized spacial score (nSPS) is 10.5. The number of hydrogen-bond acceptors (Lipinski definition) is 5. The molecule has 0 saturated heterocycles. The molecule has 3 rings (SSSR count). The Labute approximate surface area is 138 Å². The Balaban J connectivity index is 1.77. The summed E-state index contributed by atoms with van der Waals surface area (Å²) in [6, 6.07) is 11.4. The van der Waals surface area contributed by atoms with E-state index in [1.807, 2.05) is 6.07 Å². The fourth-order valence-electron chi connectivity index (χ4n) is 2.23. The monoisotopic (exact) mass is 329 g/mol. The molecule has 1 aromatic heterocycles. The van der Waals surface area contributed by atoms with Crippen molar-refractivity contribution >= 4 is 0 Å². The Hall–Kier alpha value is -3.02. The van der Waals surface area contributed by atoms with Gasteiger partial charge in [0.1, 0.15) is 24.4 Å². The first-order valence-corrected chi connectivity index (χ1v) is 7.25. The van der Waals surface area contributed by atoms with Gasteiger partial charge in [-0.2, -0.15) is 0 Å². The lowest BCUT2D eigenvalue weighted by Gasteiger charge is -2.13. The summed E-state index contributed by atoms with van der Waals surface area (Å²) in [4.78, 5) is 4.31. The topological polar surface area (TPSA) is 53.7 Å². The van der Waals surface area contributed by atoms with Crippen LogP contribution in [0.4, 0.5) is 4.39 Å². The number of para-hydroxylation sites is 1. The maximum atomic E-state index is 13.3. The maximum absolute atomic E-state index is 13.3. The molecule has 24 heavy (non-hydrogen) atoms. The van der Waals surface area contributed by atoms with E-state index >= 15 is 0 Å². The molecular weight excluding hydrogens is 313 g/mol. The molecule has 0 radical (unpaired) electrons. The highest BCUT2D eigenvalue weighted by molar-refractivity contribution is 5.53. The molecule has 0 unspecified atom stereocenters. The molecule has 6 heteroatoms. The predicted octanol–water partition coefficient (Wildman–Crippen LogP) is 4.08. The summed E-state index contributed by atoms with van der Waals surface area (Å²) in [6.07, 6.45) is 1.47. The predicted molar refractivity (Wildman–Crippen MR) is 85.8 cm³/mol. The van der Waals surface area contributed by atoms with Crippen molar-refractivity contribution in [3.63, 3.8) is 0 Å².